The second-order valence-electron chi connectivity index (χ2n) is 6.03. The Bertz CT molecular complexity index is 201. The Balaban J connectivity index is 2.11. The van der Waals surface area contributed by atoms with Gasteiger partial charge in [0.2, 0.25) is 0 Å². The summed E-state index contributed by atoms with van der Waals surface area (Å²) >= 11 is 0. The van der Waals surface area contributed by atoms with Gasteiger partial charge in [-0.1, -0.05) is 40.0 Å². The minimum Gasteiger partial charge on any atom is -0.389 e. The third-order valence-electron chi connectivity index (χ3n) is 4.54. The van der Waals surface area contributed by atoms with Crippen LogP contribution in [0.5, 0.6) is 0 Å². The number of hydrogen-bond acceptors (Lipinski definition) is 2. The van der Waals surface area contributed by atoms with Gasteiger partial charge in [0.15, 0.2) is 0 Å². The van der Waals surface area contributed by atoms with Crippen LogP contribution in [-0.2, 0) is 0 Å². The van der Waals surface area contributed by atoms with Crippen LogP contribution in [0.4, 0.5) is 0 Å². The van der Waals surface area contributed by atoms with Crippen molar-refractivity contribution in [2.75, 3.05) is 13.1 Å². The van der Waals surface area contributed by atoms with Gasteiger partial charge in [-0.15, -0.1) is 0 Å². The smallest absolute Gasteiger partial charge is 0.0766 e. The summed E-state index contributed by atoms with van der Waals surface area (Å²) in [6.45, 7) is 8.33. The first-order chi connectivity index (χ1) is 8.09. The van der Waals surface area contributed by atoms with E-state index >= 15 is 0 Å². The molecule has 1 fully saturated rings. The molecule has 0 saturated heterocycles. The maximum atomic E-state index is 10.1. The normalized spacial score (nSPS) is 26.1. The van der Waals surface area contributed by atoms with Gasteiger partial charge >= 0.3 is 0 Å². The molecule has 102 valence electrons. The maximum Gasteiger partial charge on any atom is 0.0766 e. The molecule has 2 nitrogen and oxygen atoms in total. The van der Waals surface area contributed by atoms with E-state index < -0.39 is 5.60 Å². The largest absolute Gasteiger partial charge is 0.389 e. The average molecular weight is 241 g/mol. The summed E-state index contributed by atoms with van der Waals surface area (Å²) in [5.41, 5.74) is -0.486. The molecule has 0 aromatic heterocycles. The predicted octanol–water partition coefficient (Wildman–Crippen LogP) is 3.34. The van der Waals surface area contributed by atoms with E-state index in [9.17, 15) is 5.11 Å². The highest BCUT2D eigenvalue weighted by Crippen LogP contribution is 2.30. The Morgan fingerprint density at radius 2 is 1.94 bits per heavy atom. The zero-order chi connectivity index (χ0) is 12.7. The summed E-state index contributed by atoms with van der Waals surface area (Å²) in [5.74, 6) is 1.85. The quantitative estimate of drug-likeness (QED) is 0.670. The van der Waals surface area contributed by atoms with Gasteiger partial charge in [0.1, 0.15) is 0 Å². The third kappa shape index (κ3) is 5.39. The van der Waals surface area contributed by atoms with Crippen molar-refractivity contribution in [2.24, 2.45) is 11.8 Å². The molecule has 0 amide bonds. The van der Waals surface area contributed by atoms with Crippen LogP contribution in [0.1, 0.15) is 65.7 Å². The molecule has 0 aromatic carbocycles. The number of nitrogens with one attached hydrogen (secondary N) is 1. The molecule has 2 N–H and O–H groups in total. The summed E-state index contributed by atoms with van der Waals surface area (Å²) in [6, 6.07) is 0. The van der Waals surface area contributed by atoms with Crippen molar-refractivity contribution in [3.05, 3.63) is 0 Å². The van der Waals surface area contributed by atoms with Crippen molar-refractivity contribution in [1.82, 2.24) is 5.32 Å². The molecule has 0 aromatic rings. The van der Waals surface area contributed by atoms with Crippen LogP contribution in [0, 0.1) is 11.8 Å². The molecule has 2 heteroatoms. The summed E-state index contributed by atoms with van der Waals surface area (Å²) in [4.78, 5) is 0. The topological polar surface area (TPSA) is 32.3 Å². The molecule has 2 unspecified atom stereocenters. The first kappa shape index (κ1) is 15.0. The van der Waals surface area contributed by atoms with Crippen LogP contribution in [0.2, 0.25) is 0 Å². The van der Waals surface area contributed by atoms with E-state index in [-0.39, 0.29) is 0 Å². The van der Waals surface area contributed by atoms with Crippen molar-refractivity contribution < 1.29 is 5.11 Å². The fourth-order valence-electron chi connectivity index (χ4n) is 2.95. The Kier molecular flexibility index (Phi) is 6.50. The van der Waals surface area contributed by atoms with Crippen molar-refractivity contribution in [1.29, 1.82) is 0 Å². The SMILES string of the molecule is CCC(O)(CC)CNCCC1CCCC(C)C1. The lowest BCUT2D eigenvalue weighted by Crippen LogP contribution is -2.40. The monoisotopic (exact) mass is 241 g/mol. The molecule has 1 rings (SSSR count). The molecule has 0 heterocycles. The third-order valence-corrected chi connectivity index (χ3v) is 4.54. The fourth-order valence-corrected chi connectivity index (χ4v) is 2.95. The number of hydrogen-bond donors (Lipinski definition) is 2. The first-order valence-corrected chi connectivity index (χ1v) is 7.52. The summed E-state index contributed by atoms with van der Waals surface area (Å²) in [5, 5.41) is 13.6. The molecule has 2 atom stereocenters. The van der Waals surface area contributed by atoms with Gasteiger partial charge in [-0.2, -0.15) is 0 Å². The van der Waals surface area contributed by atoms with Gasteiger partial charge in [0.25, 0.3) is 0 Å². The van der Waals surface area contributed by atoms with E-state index in [1.54, 1.807) is 0 Å². The lowest BCUT2D eigenvalue weighted by Gasteiger charge is -2.28. The van der Waals surface area contributed by atoms with E-state index in [0.29, 0.717) is 0 Å². The molecular formula is C15H31NO. The highest BCUT2D eigenvalue weighted by Gasteiger charge is 2.22. The summed E-state index contributed by atoms with van der Waals surface area (Å²) < 4.78 is 0. The summed E-state index contributed by atoms with van der Waals surface area (Å²) in [7, 11) is 0. The van der Waals surface area contributed by atoms with Crippen molar-refractivity contribution in [3.8, 4) is 0 Å². The fraction of sp³-hybridized carbons (Fsp3) is 1.00. The molecule has 17 heavy (non-hydrogen) atoms. The second kappa shape index (κ2) is 7.38. The maximum absolute atomic E-state index is 10.1. The van der Waals surface area contributed by atoms with Crippen LogP contribution in [0.3, 0.4) is 0 Å². The van der Waals surface area contributed by atoms with E-state index in [4.69, 9.17) is 0 Å². The highest BCUT2D eigenvalue weighted by molar-refractivity contribution is 4.78. The average Bonchev–Trinajstić information content (AvgIpc) is 2.34. The molecule has 0 aliphatic heterocycles. The van der Waals surface area contributed by atoms with Crippen LogP contribution in [-0.4, -0.2) is 23.8 Å². The van der Waals surface area contributed by atoms with E-state index in [0.717, 1.165) is 37.8 Å². The van der Waals surface area contributed by atoms with Crippen molar-refractivity contribution in [3.63, 3.8) is 0 Å². The minimum atomic E-state index is -0.486. The molecule has 1 saturated carbocycles. The van der Waals surface area contributed by atoms with E-state index in [1.165, 1.54) is 32.1 Å². The van der Waals surface area contributed by atoms with Crippen LogP contribution < -0.4 is 5.32 Å². The van der Waals surface area contributed by atoms with Gasteiger partial charge < -0.3 is 10.4 Å². The zero-order valence-electron chi connectivity index (χ0n) is 12.0. The van der Waals surface area contributed by atoms with E-state index in [2.05, 4.69) is 26.1 Å². The van der Waals surface area contributed by atoms with E-state index in [1.807, 2.05) is 0 Å². The molecule has 0 bridgehead atoms. The minimum absolute atomic E-state index is 0.486. The van der Waals surface area contributed by atoms with Crippen LogP contribution in [0.15, 0.2) is 0 Å². The van der Waals surface area contributed by atoms with Crippen molar-refractivity contribution in [2.45, 2.75) is 71.3 Å². The Hall–Kier alpha value is -0.0800. The number of aliphatic hydroxyl groups is 1. The molecule has 1 aliphatic rings. The number of rotatable bonds is 7. The van der Waals surface area contributed by atoms with Crippen LogP contribution >= 0.6 is 0 Å². The van der Waals surface area contributed by atoms with Gasteiger partial charge in [0, 0.05) is 6.54 Å². The molecular weight excluding hydrogens is 210 g/mol. The predicted molar refractivity (Wildman–Crippen MR) is 74.1 cm³/mol. The van der Waals surface area contributed by atoms with Gasteiger partial charge in [-0.25, -0.2) is 0 Å². The van der Waals surface area contributed by atoms with Crippen LogP contribution in [0.25, 0.3) is 0 Å². The molecule has 0 radical (unpaired) electrons. The Morgan fingerprint density at radius 3 is 2.53 bits per heavy atom. The van der Waals surface area contributed by atoms with Gasteiger partial charge in [-0.05, 0) is 44.1 Å². The second-order valence-corrected chi connectivity index (χ2v) is 6.03. The Morgan fingerprint density at radius 1 is 1.24 bits per heavy atom. The molecule has 0 spiro atoms. The van der Waals surface area contributed by atoms with Gasteiger partial charge in [0.05, 0.1) is 5.60 Å². The standard InChI is InChI=1S/C15H31NO/c1-4-15(17,5-2)12-16-10-9-14-8-6-7-13(3)11-14/h13-14,16-17H,4-12H2,1-3H3. The van der Waals surface area contributed by atoms with Crippen molar-refractivity contribution >= 4 is 0 Å². The molecule has 1 aliphatic carbocycles. The lowest BCUT2D eigenvalue weighted by molar-refractivity contribution is 0.0322. The summed E-state index contributed by atoms with van der Waals surface area (Å²) in [6.07, 6.45) is 8.64. The first-order valence-electron chi connectivity index (χ1n) is 7.52. The lowest BCUT2D eigenvalue weighted by atomic mass is 9.81. The Labute approximate surface area is 107 Å². The highest BCUT2D eigenvalue weighted by atomic mass is 16.3. The zero-order valence-corrected chi connectivity index (χ0v) is 12.0. The van der Waals surface area contributed by atoms with Gasteiger partial charge in [-0.3, -0.25) is 0 Å².